The van der Waals surface area contributed by atoms with Crippen molar-refractivity contribution in [2.24, 2.45) is 0 Å². The average Bonchev–Trinajstić information content (AvgIpc) is 2.69. The van der Waals surface area contributed by atoms with Crippen LogP contribution in [-0.2, 0) is 12.8 Å². The van der Waals surface area contributed by atoms with Gasteiger partial charge in [0.25, 0.3) is 0 Å². The lowest BCUT2D eigenvalue weighted by atomic mass is 9.98. The van der Waals surface area contributed by atoms with Gasteiger partial charge in [-0.05, 0) is 62.3 Å². The standard InChI is InChI=1S/C19H22O2/c1-14-7-10-17-18(20)11-16(12-19(17)21-13-14)9-8-15-5-3-2-4-6-15/h3,5-7,11-12,20H,2,4,8-10,13H2,1H3. The fourth-order valence-electron chi connectivity index (χ4n) is 2.83. The molecule has 0 atom stereocenters. The van der Waals surface area contributed by atoms with Gasteiger partial charge >= 0.3 is 0 Å². The Morgan fingerprint density at radius 3 is 2.86 bits per heavy atom. The number of hydrogen-bond acceptors (Lipinski definition) is 2. The first-order valence-corrected chi connectivity index (χ1v) is 7.71. The van der Waals surface area contributed by atoms with Crippen molar-refractivity contribution < 1.29 is 9.84 Å². The van der Waals surface area contributed by atoms with Crippen molar-refractivity contribution in [2.75, 3.05) is 6.61 Å². The SMILES string of the molecule is CC1=CCc2c(O)cc(CCC3=CCCC=C3)cc2OC1. The molecule has 1 aromatic rings. The van der Waals surface area contributed by atoms with E-state index in [1.165, 1.54) is 11.1 Å². The van der Waals surface area contributed by atoms with Crippen molar-refractivity contribution >= 4 is 0 Å². The van der Waals surface area contributed by atoms with E-state index in [9.17, 15) is 5.11 Å². The molecule has 2 aliphatic rings. The van der Waals surface area contributed by atoms with E-state index < -0.39 is 0 Å². The molecule has 0 amide bonds. The summed E-state index contributed by atoms with van der Waals surface area (Å²) >= 11 is 0. The van der Waals surface area contributed by atoms with Gasteiger partial charge < -0.3 is 9.84 Å². The van der Waals surface area contributed by atoms with Crippen molar-refractivity contribution in [3.63, 3.8) is 0 Å². The van der Waals surface area contributed by atoms with E-state index in [0.29, 0.717) is 12.4 Å². The third kappa shape index (κ3) is 3.38. The van der Waals surface area contributed by atoms with Gasteiger partial charge in [0.05, 0.1) is 0 Å². The number of aromatic hydroxyl groups is 1. The van der Waals surface area contributed by atoms with Crippen LogP contribution in [0.25, 0.3) is 0 Å². The molecule has 1 heterocycles. The maximum absolute atomic E-state index is 10.2. The van der Waals surface area contributed by atoms with Gasteiger partial charge in [-0.15, -0.1) is 0 Å². The molecule has 0 radical (unpaired) electrons. The number of hydrogen-bond donors (Lipinski definition) is 1. The fourth-order valence-corrected chi connectivity index (χ4v) is 2.83. The molecule has 1 aliphatic carbocycles. The summed E-state index contributed by atoms with van der Waals surface area (Å²) in [4.78, 5) is 0. The van der Waals surface area contributed by atoms with Gasteiger partial charge in [-0.1, -0.05) is 29.9 Å². The zero-order chi connectivity index (χ0) is 14.7. The Bertz CT molecular complexity index is 621. The second-order valence-corrected chi connectivity index (χ2v) is 5.89. The highest BCUT2D eigenvalue weighted by molar-refractivity contribution is 5.49. The molecule has 0 fully saturated rings. The first kappa shape index (κ1) is 14.0. The summed E-state index contributed by atoms with van der Waals surface area (Å²) in [6.45, 7) is 2.68. The summed E-state index contributed by atoms with van der Waals surface area (Å²) < 4.78 is 5.82. The minimum atomic E-state index is 0.363. The molecule has 0 unspecified atom stereocenters. The van der Waals surface area contributed by atoms with Gasteiger partial charge in [0.15, 0.2) is 0 Å². The van der Waals surface area contributed by atoms with Crippen LogP contribution >= 0.6 is 0 Å². The molecule has 1 aromatic carbocycles. The number of fused-ring (bicyclic) bond motifs is 1. The maximum atomic E-state index is 10.2. The highest BCUT2D eigenvalue weighted by atomic mass is 16.5. The molecule has 1 N–H and O–H groups in total. The smallest absolute Gasteiger partial charge is 0.127 e. The molecule has 2 heteroatoms. The Labute approximate surface area is 126 Å². The second-order valence-electron chi connectivity index (χ2n) is 5.89. The van der Waals surface area contributed by atoms with Gasteiger partial charge in [0.1, 0.15) is 18.1 Å². The summed E-state index contributed by atoms with van der Waals surface area (Å²) in [5.41, 5.74) is 4.66. The number of rotatable bonds is 3. The number of benzene rings is 1. The Kier molecular flexibility index (Phi) is 4.14. The predicted molar refractivity (Wildman–Crippen MR) is 85.8 cm³/mol. The van der Waals surface area contributed by atoms with Crippen LogP contribution in [0, 0.1) is 0 Å². The molecule has 21 heavy (non-hydrogen) atoms. The number of aryl methyl sites for hydroxylation is 1. The van der Waals surface area contributed by atoms with Crippen LogP contribution in [0.5, 0.6) is 11.5 Å². The van der Waals surface area contributed by atoms with E-state index in [1.807, 2.05) is 6.07 Å². The largest absolute Gasteiger partial charge is 0.508 e. The molecule has 0 bridgehead atoms. The fraction of sp³-hybridized carbons (Fsp3) is 0.368. The van der Waals surface area contributed by atoms with Gasteiger partial charge in [-0.3, -0.25) is 0 Å². The average molecular weight is 282 g/mol. The highest BCUT2D eigenvalue weighted by Crippen LogP contribution is 2.33. The summed E-state index contributed by atoms with van der Waals surface area (Å²) in [7, 11) is 0. The van der Waals surface area contributed by atoms with Gasteiger partial charge in [-0.25, -0.2) is 0 Å². The van der Waals surface area contributed by atoms with Gasteiger partial charge in [-0.2, -0.15) is 0 Å². The summed E-state index contributed by atoms with van der Waals surface area (Å²) in [5.74, 6) is 1.20. The molecule has 3 rings (SSSR count). The first-order chi connectivity index (χ1) is 10.2. The van der Waals surface area contributed by atoms with Crippen LogP contribution in [0.4, 0.5) is 0 Å². The maximum Gasteiger partial charge on any atom is 0.127 e. The predicted octanol–water partition coefficient (Wildman–Crippen LogP) is 4.48. The van der Waals surface area contributed by atoms with Crippen LogP contribution in [0.3, 0.4) is 0 Å². The molecule has 1 aliphatic heterocycles. The molecule has 110 valence electrons. The van der Waals surface area contributed by atoms with E-state index in [2.05, 4.69) is 37.3 Å². The Hall–Kier alpha value is -1.96. The third-order valence-electron chi connectivity index (χ3n) is 4.13. The number of phenolic OH excluding ortho intramolecular Hbond substituents is 1. The van der Waals surface area contributed by atoms with Crippen LogP contribution < -0.4 is 4.74 Å². The third-order valence-corrected chi connectivity index (χ3v) is 4.13. The van der Waals surface area contributed by atoms with Crippen molar-refractivity contribution in [1.82, 2.24) is 0 Å². The zero-order valence-electron chi connectivity index (χ0n) is 12.6. The molecular formula is C19H22O2. The Morgan fingerprint density at radius 1 is 1.14 bits per heavy atom. The molecule has 0 spiro atoms. The quantitative estimate of drug-likeness (QED) is 0.828. The van der Waals surface area contributed by atoms with Crippen molar-refractivity contribution in [2.45, 2.75) is 39.0 Å². The summed E-state index contributed by atoms with van der Waals surface area (Å²) in [5, 5.41) is 10.2. The molecule has 0 saturated heterocycles. The Morgan fingerprint density at radius 2 is 2.05 bits per heavy atom. The second kappa shape index (κ2) is 6.21. The van der Waals surface area contributed by atoms with Gasteiger partial charge in [0.2, 0.25) is 0 Å². The Balaban J connectivity index is 1.75. The van der Waals surface area contributed by atoms with Crippen molar-refractivity contribution in [3.8, 4) is 11.5 Å². The first-order valence-electron chi connectivity index (χ1n) is 7.71. The number of ether oxygens (including phenoxy) is 1. The zero-order valence-corrected chi connectivity index (χ0v) is 12.6. The lowest BCUT2D eigenvalue weighted by Gasteiger charge is -2.13. The minimum Gasteiger partial charge on any atom is -0.508 e. The summed E-state index contributed by atoms with van der Waals surface area (Å²) in [6.07, 6.45) is 13.9. The van der Waals surface area contributed by atoms with Gasteiger partial charge in [0, 0.05) is 5.56 Å². The van der Waals surface area contributed by atoms with Crippen LogP contribution in [0.1, 0.15) is 37.3 Å². The molecule has 0 saturated carbocycles. The molecule has 0 aromatic heterocycles. The lowest BCUT2D eigenvalue weighted by molar-refractivity contribution is 0.348. The number of phenols is 1. The highest BCUT2D eigenvalue weighted by Gasteiger charge is 2.14. The van der Waals surface area contributed by atoms with Crippen molar-refractivity contribution in [1.29, 1.82) is 0 Å². The number of allylic oxidation sites excluding steroid dienone is 5. The minimum absolute atomic E-state index is 0.363. The monoisotopic (exact) mass is 282 g/mol. The van der Waals surface area contributed by atoms with E-state index in [0.717, 1.165) is 49.0 Å². The summed E-state index contributed by atoms with van der Waals surface area (Å²) in [6, 6.07) is 3.98. The normalized spacial score (nSPS) is 17.4. The van der Waals surface area contributed by atoms with E-state index >= 15 is 0 Å². The van der Waals surface area contributed by atoms with Crippen LogP contribution in [0.15, 0.2) is 47.6 Å². The van der Waals surface area contributed by atoms with E-state index in [1.54, 1.807) is 0 Å². The molecule has 2 nitrogen and oxygen atoms in total. The topological polar surface area (TPSA) is 29.5 Å². The molecular weight excluding hydrogens is 260 g/mol. The van der Waals surface area contributed by atoms with E-state index in [4.69, 9.17) is 4.74 Å². The van der Waals surface area contributed by atoms with Crippen LogP contribution in [0.2, 0.25) is 0 Å². The lowest BCUT2D eigenvalue weighted by Crippen LogP contribution is -1.99. The van der Waals surface area contributed by atoms with Crippen LogP contribution in [-0.4, -0.2) is 11.7 Å². The van der Waals surface area contributed by atoms with Crippen molar-refractivity contribution in [3.05, 3.63) is 58.7 Å². The van der Waals surface area contributed by atoms with E-state index in [-0.39, 0.29) is 0 Å².